The normalized spacial score (nSPS) is 16.6. The summed E-state index contributed by atoms with van der Waals surface area (Å²) in [5.41, 5.74) is 1.59. The number of nitrogens with one attached hydrogen (secondary N) is 1. The van der Waals surface area contributed by atoms with Crippen molar-refractivity contribution in [3.8, 4) is 11.8 Å². The van der Waals surface area contributed by atoms with E-state index in [-0.39, 0.29) is 30.5 Å². The summed E-state index contributed by atoms with van der Waals surface area (Å²) in [4.78, 5) is 27.7. The van der Waals surface area contributed by atoms with E-state index in [0.717, 1.165) is 0 Å². The Morgan fingerprint density at radius 1 is 1.20 bits per heavy atom. The van der Waals surface area contributed by atoms with E-state index in [1.165, 1.54) is 6.33 Å². The molecule has 0 unspecified atom stereocenters. The van der Waals surface area contributed by atoms with Gasteiger partial charge in [0.1, 0.15) is 29.4 Å². The summed E-state index contributed by atoms with van der Waals surface area (Å²) in [5.74, 6) is 1.19. The third kappa shape index (κ3) is 3.31. The fraction of sp³-hybridized carbons (Fsp3) is 0.208. The Morgan fingerprint density at radius 2 is 1.97 bits per heavy atom. The number of aromatic nitrogens is 6. The minimum atomic E-state index is -0.300. The molecule has 1 fully saturated rings. The fourth-order valence-corrected chi connectivity index (χ4v) is 5.14. The Morgan fingerprint density at radius 3 is 2.69 bits per heavy atom. The molecule has 35 heavy (non-hydrogen) atoms. The second-order valence-corrected chi connectivity index (χ2v) is 9.45. The van der Waals surface area contributed by atoms with Crippen molar-refractivity contribution in [2.75, 3.05) is 11.4 Å². The van der Waals surface area contributed by atoms with Crippen molar-refractivity contribution in [2.24, 2.45) is 5.41 Å². The standard InChI is InChI=1S/C24H19ClN8O.H2S/c1-24(2)12-31(21-17-14(10-26)11-27-20(17)28-13-29-21)19(24)22-30-32-9-8-16(25)18(32)23(34)33(22)15-6-4-3-5-7-15;/h3-9,11,13,19H,12H2,1-2H3,(H,27,28,29);1H2/t19-;/m1./s1. The number of hydrogen-bond acceptors (Lipinski definition) is 6. The quantitative estimate of drug-likeness (QED) is 0.398. The summed E-state index contributed by atoms with van der Waals surface area (Å²) in [6, 6.07) is 13.0. The van der Waals surface area contributed by atoms with E-state index in [1.807, 2.05) is 30.3 Å². The molecule has 0 radical (unpaired) electrons. The molecular weight excluding hydrogens is 484 g/mol. The van der Waals surface area contributed by atoms with Gasteiger partial charge in [0.05, 0.1) is 27.7 Å². The van der Waals surface area contributed by atoms with Crippen molar-refractivity contribution in [1.82, 2.24) is 29.1 Å². The van der Waals surface area contributed by atoms with Gasteiger partial charge in [0, 0.05) is 24.4 Å². The van der Waals surface area contributed by atoms with E-state index < -0.39 is 0 Å². The van der Waals surface area contributed by atoms with Gasteiger partial charge in [0.15, 0.2) is 5.82 Å². The zero-order valence-electron chi connectivity index (χ0n) is 18.9. The first-order chi connectivity index (χ1) is 16.4. The number of benzene rings is 1. The van der Waals surface area contributed by atoms with Crippen LogP contribution in [0.2, 0.25) is 5.02 Å². The Balaban J connectivity index is 0.00000253. The predicted octanol–water partition coefficient (Wildman–Crippen LogP) is 3.98. The topological polar surface area (TPSA) is 108 Å². The maximum Gasteiger partial charge on any atom is 0.284 e. The number of nitrogens with zero attached hydrogens (tertiary/aromatic N) is 7. The lowest BCUT2D eigenvalue weighted by molar-refractivity contribution is 0.166. The van der Waals surface area contributed by atoms with Gasteiger partial charge >= 0.3 is 0 Å². The fourth-order valence-electron chi connectivity index (χ4n) is 4.92. The van der Waals surface area contributed by atoms with E-state index in [9.17, 15) is 10.1 Å². The predicted molar refractivity (Wildman–Crippen MR) is 139 cm³/mol. The van der Waals surface area contributed by atoms with Gasteiger partial charge in [0.25, 0.3) is 5.56 Å². The van der Waals surface area contributed by atoms with E-state index in [2.05, 4.69) is 39.8 Å². The first-order valence-corrected chi connectivity index (χ1v) is 11.1. The van der Waals surface area contributed by atoms with E-state index in [0.29, 0.717) is 51.0 Å². The molecule has 11 heteroatoms. The van der Waals surface area contributed by atoms with Crippen molar-refractivity contribution in [2.45, 2.75) is 19.9 Å². The summed E-state index contributed by atoms with van der Waals surface area (Å²) in [6.45, 7) is 4.92. The van der Waals surface area contributed by atoms with Crippen molar-refractivity contribution in [3.05, 3.63) is 81.9 Å². The van der Waals surface area contributed by atoms with Crippen molar-refractivity contribution >= 4 is 47.5 Å². The molecule has 0 saturated carbocycles. The molecule has 1 N–H and O–H groups in total. The highest BCUT2D eigenvalue weighted by atomic mass is 35.5. The molecular formula is C24H21ClN8OS. The molecule has 1 aliphatic heterocycles. The zero-order chi connectivity index (χ0) is 23.6. The average Bonchev–Trinajstić information content (AvgIpc) is 3.41. The maximum atomic E-state index is 13.7. The minimum absolute atomic E-state index is 0. The maximum absolute atomic E-state index is 13.7. The van der Waals surface area contributed by atoms with Crippen LogP contribution in [-0.4, -0.2) is 35.7 Å². The molecule has 5 aromatic rings. The molecule has 1 aliphatic rings. The minimum Gasteiger partial charge on any atom is -0.345 e. The second-order valence-electron chi connectivity index (χ2n) is 9.05. The van der Waals surface area contributed by atoms with Crippen LogP contribution in [0, 0.1) is 16.7 Å². The number of fused-ring (bicyclic) bond motifs is 2. The first kappa shape index (κ1) is 23.0. The number of halogens is 1. The lowest BCUT2D eigenvalue weighted by Gasteiger charge is -2.54. The van der Waals surface area contributed by atoms with Crippen LogP contribution in [0.15, 0.2) is 59.9 Å². The van der Waals surface area contributed by atoms with Crippen LogP contribution in [0.3, 0.4) is 0 Å². The second kappa shape index (κ2) is 8.15. The van der Waals surface area contributed by atoms with Gasteiger partial charge in [-0.15, -0.1) is 0 Å². The van der Waals surface area contributed by atoms with Crippen LogP contribution in [0.5, 0.6) is 0 Å². The Kier molecular flexibility index (Phi) is 5.34. The summed E-state index contributed by atoms with van der Waals surface area (Å²) in [7, 11) is 0. The molecule has 0 bridgehead atoms. The Hall–Kier alpha value is -3.81. The third-order valence-electron chi connectivity index (χ3n) is 6.39. The third-order valence-corrected chi connectivity index (χ3v) is 6.70. The Bertz CT molecular complexity index is 1680. The highest BCUT2D eigenvalue weighted by Crippen LogP contribution is 2.51. The van der Waals surface area contributed by atoms with Crippen molar-refractivity contribution in [1.29, 1.82) is 5.26 Å². The average molecular weight is 505 g/mol. The van der Waals surface area contributed by atoms with Gasteiger partial charge in [-0.05, 0) is 18.2 Å². The van der Waals surface area contributed by atoms with Crippen LogP contribution in [-0.2, 0) is 0 Å². The molecule has 1 atom stereocenters. The largest absolute Gasteiger partial charge is 0.345 e. The summed E-state index contributed by atoms with van der Waals surface area (Å²) in [6.07, 6.45) is 4.80. The lowest BCUT2D eigenvalue weighted by atomic mass is 9.74. The molecule has 0 spiro atoms. The van der Waals surface area contributed by atoms with Crippen LogP contribution in [0.1, 0.15) is 31.3 Å². The van der Waals surface area contributed by atoms with Crippen LogP contribution in [0.4, 0.5) is 5.82 Å². The number of H-pyrrole nitrogens is 1. The first-order valence-electron chi connectivity index (χ1n) is 10.7. The molecule has 9 nitrogen and oxygen atoms in total. The SMILES string of the molecule is CC1(C)CN(c2ncnc3[nH]cc(C#N)c23)[C@@H]1c1nn2ccc(Cl)c2c(=O)n1-c1ccccc1.S. The molecule has 0 amide bonds. The van der Waals surface area contributed by atoms with E-state index in [1.54, 1.807) is 27.5 Å². The summed E-state index contributed by atoms with van der Waals surface area (Å²) in [5, 5.41) is 15.5. The van der Waals surface area contributed by atoms with Crippen molar-refractivity contribution < 1.29 is 0 Å². The molecule has 1 saturated heterocycles. The molecule has 6 rings (SSSR count). The van der Waals surface area contributed by atoms with E-state index in [4.69, 9.17) is 16.7 Å². The number of para-hydroxylation sites is 1. The van der Waals surface area contributed by atoms with E-state index >= 15 is 0 Å². The van der Waals surface area contributed by atoms with Gasteiger partial charge in [-0.2, -0.15) is 23.9 Å². The Labute approximate surface area is 212 Å². The number of rotatable bonds is 3. The highest BCUT2D eigenvalue weighted by molar-refractivity contribution is 7.59. The van der Waals surface area contributed by atoms with Gasteiger partial charge in [-0.1, -0.05) is 43.6 Å². The monoisotopic (exact) mass is 504 g/mol. The number of anilines is 1. The zero-order valence-corrected chi connectivity index (χ0v) is 20.7. The molecule has 4 aromatic heterocycles. The molecule has 0 aliphatic carbocycles. The molecule has 5 heterocycles. The summed E-state index contributed by atoms with van der Waals surface area (Å²) >= 11 is 6.35. The number of nitriles is 1. The van der Waals surface area contributed by atoms with Crippen LogP contribution >= 0.6 is 25.1 Å². The van der Waals surface area contributed by atoms with Gasteiger partial charge in [-0.3, -0.25) is 9.36 Å². The van der Waals surface area contributed by atoms with Gasteiger partial charge < -0.3 is 9.88 Å². The smallest absolute Gasteiger partial charge is 0.284 e. The van der Waals surface area contributed by atoms with Crippen molar-refractivity contribution in [3.63, 3.8) is 0 Å². The number of aromatic amines is 1. The van der Waals surface area contributed by atoms with Gasteiger partial charge in [-0.25, -0.2) is 14.5 Å². The van der Waals surface area contributed by atoms with Crippen LogP contribution in [0.25, 0.3) is 22.2 Å². The van der Waals surface area contributed by atoms with Gasteiger partial charge in [0.2, 0.25) is 0 Å². The molecule has 1 aromatic carbocycles. The lowest BCUT2D eigenvalue weighted by Crippen LogP contribution is -2.58. The molecule has 176 valence electrons. The summed E-state index contributed by atoms with van der Waals surface area (Å²) < 4.78 is 3.17. The highest BCUT2D eigenvalue weighted by Gasteiger charge is 2.50. The van der Waals surface area contributed by atoms with Crippen LogP contribution < -0.4 is 10.5 Å². The number of hydrogen-bond donors (Lipinski definition) is 1.